The second kappa shape index (κ2) is 9.45. The largest absolute Gasteiger partial charge is 0.497 e. The monoisotopic (exact) mass is 427 g/mol. The molecular formula is C21H21N3O5S. The van der Waals surface area contributed by atoms with Crippen molar-refractivity contribution in [1.82, 2.24) is 4.90 Å². The minimum absolute atomic E-state index is 0.0279. The Hall–Kier alpha value is -3.33. The third-order valence-corrected chi connectivity index (χ3v) is 5.59. The van der Waals surface area contributed by atoms with E-state index in [2.05, 4.69) is 10.3 Å². The van der Waals surface area contributed by atoms with Crippen molar-refractivity contribution in [3.05, 3.63) is 54.1 Å². The van der Waals surface area contributed by atoms with Gasteiger partial charge in [-0.05, 0) is 37.3 Å². The smallest absolute Gasteiger partial charge is 0.335 e. The molecular weight excluding hydrogens is 406 g/mol. The molecule has 2 aromatic carbocycles. The number of amidine groups is 1. The molecule has 0 bridgehead atoms. The maximum Gasteiger partial charge on any atom is 0.335 e. The average Bonchev–Trinajstić information content (AvgIpc) is 2.73. The fourth-order valence-corrected chi connectivity index (χ4v) is 4.06. The molecule has 0 aromatic heterocycles. The molecule has 1 aliphatic rings. The first-order valence-electron chi connectivity index (χ1n) is 9.25. The third-order valence-electron chi connectivity index (χ3n) is 4.40. The average molecular weight is 427 g/mol. The van der Waals surface area contributed by atoms with Gasteiger partial charge in [0, 0.05) is 24.7 Å². The Balaban J connectivity index is 1.81. The molecule has 1 saturated heterocycles. The quantitative estimate of drug-likeness (QED) is 0.732. The molecule has 0 spiro atoms. The van der Waals surface area contributed by atoms with Crippen LogP contribution in [0.25, 0.3) is 0 Å². The number of thioether (sulfide) groups is 1. The van der Waals surface area contributed by atoms with Gasteiger partial charge in [-0.3, -0.25) is 14.5 Å². The maximum absolute atomic E-state index is 12.8. The number of aromatic carboxylic acids is 1. The zero-order valence-electron chi connectivity index (χ0n) is 16.5. The summed E-state index contributed by atoms with van der Waals surface area (Å²) in [5.74, 6) is -1.03. The molecule has 8 nitrogen and oxygen atoms in total. The first-order chi connectivity index (χ1) is 14.4. The number of rotatable bonds is 6. The number of nitrogens with zero attached hydrogens (tertiary/aromatic N) is 2. The fraction of sp³-hybridized carbons (Fsp3) is 0.238. The number of anilines is 1. The molecule has 0 radical (unpaired) electrons. The number of methoxy groups -OCH3 is 1. The summed E-state index contributed by atoms with van der Waals surface area (Å²) < 4.78 is 5.21. The molecule has 30 heavy (non-hydrogen) atoms. The summed E-state index contributed by atoms with van der Waals surface area (Å²) >= 11 is 1.20. The van der Waals surface area contributed by atoms with Gasteiger partial charge in [-0.1, -0.05) is 23.9 Å². The van der Waals surface area contributed by atoms with Crippen LogP contribution in [-0.4, -0.2) is 51.9 Å². The van der Waals surface area contributed by atoms with Crippen LogP contribution in [0, 0.1) is 0 Å². The molecule has 156 valence electrons. The van der Waals surface area contributed by atoms with Crippen LogP contribution in [0.15, 0.2) is 53.5 Å². The van der Waals surface area contributed by atoms with Crippen LogP contribution >= 0.6 is 11.8 Å². The number of benzene rings is 2. The van der Waals surface area contributed by atoms with Gasteiger partial charge in [-0.15, -0.1) is 0 Å². The lowest BCUT2D eigenvalue weighted by Gasteiger charge is -2.30. The Morgan fingerprint density at radius 3 is 2.73 bits per heavy atom. The van der Waals surface area contributed by atoms with Crippen LogP contribution in [-0.2, 0) is 9.59 Å². The lowest BCUT2D eigenvalue weighted by atomic mass is 10.2. The van der Waals surface area contributed by atoms with E-state index in [1.165, 1.54) is 23.9 Å². The van der Waals surface area contributed by atoms with E-state index >= 15 is 0 Å². The highest BCUT2D eigenvalue weighted by Crippen LogP contribution is 2.30. The summed E-state index contributed by atoms with van der Waals surface area (Å²) in [6, 6.07) is 13.1. The van der Waals surface area contributed by atoms with E-state index in [0.717, 1.165) is 0 Å². The van der Waals surface area contributed by atoms with Gasteiger partial charge in [0.05, 0.1) is 18.4 Å². The van der Waals surface area contributed by atoms with E-state index in [9.17, 15) is 14.4 Å². The van der Waals surface area contributed by atoms with Crippen molar-refractivity contribution in [3.8, 4) is 5.75 Å². The van der Waals surface area contributed by atoms with E-state index in [-0.39, 0.29) is 23.8 Å². The molecule has 1 aliphatic heterocycles. The molecule has 2 N–H and O–H groups in total. The predicted molar refractivity (Wildman–Crippen MR) is 116 cm³/mol. The highest BCUT2D eigenvalue weighted by Gasteiger charge is 2.35. The van der Waals surface area contributed by atoms with Gasteiger partial charge in [-0.2, -0.15) is 0 Å². The van der Waals surface area contributed by atoms with Gasteiger partial charge in [0.15, 0.2) is 5.17 Å². The Bertz CT molecular complexity index is 1010. The Kier molecular flexibility index (Phi) is 6.73. The van der Waals surface area contributed by atoms with Crippen molar-refractivity contribution in [2.24, 2.45) is 4.99 Å². The molecule has 9 heteroatoms. The summed E-state index contributed by atoms with van der Waals surface area (Å²) in [6.07, 6.45) is 0.0279. The van der Waals surface area contributed by atoms with Crippen molar-refractivity contribution in [2.75, 3.05) is 19.0 Å². The van der Waals surface area contributed by atoms with E-state index in [4.69, 9.17) is 9.84 Å². The first-order valence-corrected chi connectivity index (χ1v) is 10.1. The normalized spacial score (nSPS) is 17.7. The highest BCUT2D eigenvalue weighted by atomic mass is 32.2. The molecule has 2 amide bonds. The SMILES string of the molecule is CCN1C(=O)CC(C(=O)Nc2cccc(C(=O)O)c2)SC1=Nc1cccc(OC)c1. The number of amides is 2. The highest BCUT2D eigenvalue weighted by molar-refractivity contribution is 8.15. The number of carbonyl (C=O) groups excluding carboxylic acids is 2. The number of aliphatic imine (C=N–C) groups is 1. The molecule has 1 atom stereocenters. The molecule has 2 aromatic rings. The molecule has 0 saturated carbocycles. The first kappa shape index (κ1) is 21.4. The minimum atomic E-state index is -1.08. The summed E-state index contributed by atoms with van der Waals surface area (Å²) in [5, 5.41) is 11.5. The van der Waals surface area contributed by atoms with Gasteiger partial charge in [0.25, 0.3) is 0 Å². The zero-order chi connectivity index (χ0) is 21.7. The number of nitrogens with one attached hydrogen (secondary N) is 1. The standard InChI is InChI=1S/C21H21N3O5S/c1-3-24-18(25)12-17(19(26)22-14-7-4-6-13(10-14)20(27)28)30-21(24)23-15-8-5-9-16(11-15)29-2/h4-11,17H,3,12H2,1-2H3,(H,22,26)(H,27,28). The lowest BCUT2D eigenvalue weighted by Crippen LogP contribution is -2.45. The molecule has 1 heterocycles. The van der Waals surface area contributed by atoms with E-state index < -0.39 is 11.2 Å². The molecule has 0 aliphatic carbocycles. The van der Waals surface area contributed by atoms with Gasteiger partial charge in [0.1, 0.15) is 11.0 Å². The number of carboxylic acids is 1. The number of carbonyl (C=O) groups is 3. The van der Waals surface area contributed by atoms with Crippen molar-refractivity contribution in [2.45, 2.75) is 18.6 Å². The van der Waals surface area contributed by atoms with E-state index in [1.54, 1.807) is 48.4 Å². The van der Waals surface area contributed by atoms with Gasteiger partial charge in [0.2, 0.25) is 11.8 Å². The van der Waals surface area contributed by atoms with E-state index in [1.807, 2.05) is 6.92 Å². The zero-order valence-corrected chi connectivity index (χ0v) is 17.3. The van der Waals surface area contributed by atoms with Crippen molar-refractivity contribution in [1.29, 1.82) is 0 Å². The lowest BCUT2D eigenvalue weighted by molar-refractivity contribution is -0.129. The summed E-state index contributed by atoms with van der Waals surface area (Å²) in [7, 11) is 1.56. The molecule has 1 unspecified atom stereocenters. The van der Waals surface area contributed by atoms with Crippen LogP contribution < -0.4 is 10.1 Å². The number of hydrogen-bond acceptors (Lipinski definition) is 6. The Labute approximate surface area is 177 Å². The van der Waals surface area contributed by atoms with Crippen LogP contribution in [0.3, 0.4) is 0 Å². The Morgan fingerprint density at radius 1 is 1.27 bits per heavy atom. The van der Waals surface area contributed by atoms with Gasteiger partial charge in [-0.25, -0.2) is 9.79 Å². The van der Waals surface area contributed by atoms with Crippen LogP contribution in [0.4, 0.5) is 11.4 Å². The second-order valence-electron chi connectivity index (χ2n) is 6.42. The minimum Gasteiger partial charge on any atom is -0.497 e. The summed E-state index contributed by atoms with van der Waals surface area (Å²) in [5.41, 5.74) is 1.04. The second-order valence-corrected chi connectivity index (χ2v) is 7.59. The van der Waals surface area contributed by atoms with E-state index in [0.29, 0.717) is 28.8 Å². The maximum atomic E-state index is 12.8. The number of hydrogen-bond donors (Lipinski definition) is 2. The van der Waals surface area contributed by atoms with Crippen LogP contribution in [0.5, 0.6) is 5.75 Å². The van der Waals surface area contributed by atoms with Crippen molar-refractivity contribution < 1.29 is 24.2 Å². The van der Waals surface area contributed by atoms with Crippen LogP contribution in [0.2, 0.25) is 0 Å². The third kappa shape index (κ3) is 4.98. The number of ether oxygens (including phenoxy) is 1. The summed E-state index contributed by atoms with van der Waals surface area (Å²) in [6.45, 7) is 2.28. The van der Waals surface area contributed by atoms with Gasteiger partial charge >= 0.3 is 5.97 Å². The molecule has 1 fully saturated rings. The number of carboxylic acid groups (broad SMARTS) is 1. The van der Waals surface area contributed by atoms with Gasteiger partial charge < -0.3 is 15.2 Å². The fourth-order valence-electron chi connectivity index (χ4n) is 2.90. The Morgan fingerprint density at radius 2 is 2.03 bits per heavy atom. The predicted octanol–water partition coefficient (Wildman–Crippen LogP) is 3.37. The van der Waals surface area contributed by atoms with Crippen LogP contribution in [0.1, 0.15) is 23.7 Å². The topological polar surface area (TPSA) is 108 Å². The summed E-state index contributed by atoms with van der Waals surface area (Å²) in [4.78, 5) is 42.6. The van der Waals surface area contributed by atoms with Crippen molar-refractivity contribution >= 4 is 46.1 Å². The van der Waals surface area contributed by atoms with Crippen molar-refractivity contribution in [3.63, 3.8) is 0 Å². The molecule has 3 rings (SSSR count).